The maximum atomic E-state index is 13.1. The number of halogens is 2. The molecule has 2 N–H and O–H groups in total. The van der Waals surface area contributed by atoms with Gasteiger partial charge < -0.3 is 0 Å². The third-order valence-electron chi connectivity index (χ3n) is 1.67. The predicted octanol–water partition coefficient (Wildman–Crippen LogP) is 1.22. The van der Waals surface area contributed by atoms with E-state index in [4.69, 9.17) is 5.14 Å². The molecule has 0 aliphatic carbocycles. The molecular weight excluding hydrogens is 246 g/mol. The molecular formula is C7H4F2N2O2S2. The van der Waals surface area contributed by atoms with Crippen molar-refractivity contribution < 1.29 is 17.2 Å². The van der Waals surface area contributed by atoms with Crippen LogP contribution in [0.4, 0.5) is 8.78 Å². The summed E-state index contributed by atoms with van der Waals surface area (Å²) in [5.41, 5.74) is -0.316. The van der Waals surface area contributed by atoms with E-state index in [1.165, 1.54) is 0 Å². The maximum absolute atomic E-state index is 13.1. The zero-order valence-electron chi connectivity index (χ0n) is 7.07. The standard InChI is InChI=1S/C7H4F2N2O2S2/c8-3-1-2-4(9)6-5(3)11-7(14-6)15(10,12)13/h1-2H,(H2,10,12,13). The van der Waals surface area contributed by atoms with Crippen LogP contribution in [0, 0.1) is 11.6 Å². The van der Waals surface area contributed by atoms with E-state index in [2.05, 4.69) is 4.98 Å². The van der Waals surface area contributed by atoms with Crippen LogP contribution in [-0.4, -0.2) is 13.4 Å². The van der Waals surface area contributed by atoms with Crippen LogP contribution in [0.3, 0.4) is 0 Å². The maximum Gasteiger partial charge on any atom is 0.265 e. The molecule has 0 amide bonds. The number of benzene rings is 1. The molecule has 1 heterocycles. The predicted molar refractivity (Wildman–Crippen MR) is 50.9 cm³/mol. The number of nitrogens with zero attached hydrogens (tertiary/aromatic N) is 1. The molecule has 0 aliphatic rings. The number of sulfonamides is 1. The van der Waals surface area contributed by atoms with Crippen molar-refractivity contribution >= 4 is 31.6 Å². The number of rotatable bonds is 1. The monoisotopic (exact) mass is 250 g/mol. The number of primary sulfonamides is 1. The first-order valence-electron chi connectivity index (χ1n) is 3.67. The van der Waals surface area contributed by atoms with Crippen molar-refractivity contribution in [1.29, 1.82) is 0 Å². The lowest BCUT2D eigenvalue weighted by Crippen LogP contribution is -2.11. The average molecular weight is 250 g/mol. The summed E-state index contributed by atoms with van der Waals surface area (Å²) in [5, 5.41) is 4.80. The summed E-state index contributed by atoms with van der Waals surface area (Å²) in [6, 6.07) is 1.78. The van der Waals surface area contributed by atoms with Gasteiger partial charge in [-0.15, -0.1) is 0 Å². The van der Waals surface area contributed by atoms with Gasteiger partial charge in [-0.2, -0.15) is 0 Å². The Bertz CT molecular complexity index is 597. The molecule has 0 unspecified atom stereocenters. The molecule has 2 aromatic rings. The van der Waals surface area contributed by atoms with Gasteiger partial charge in [0.25, 0.3) is 10.0 Å². The summed E-state index contributed by atoms with van der Waals surface area (Å²) in [4.78, 5) is 3.43. The molecule has 1 aromatic heterocycles. The second-order valence-corrected chi connectivity index (χ2v) is 5.47. The molecule has 0 saturated carbocycles. The van der Waals surface area contributed by atoms with Crippen LogP contribution < -0.4 is 5.14 Å². The van der Waals surface area contributed by atoms with Crippen molar-refractivity contribution in [3.05, 3.63) is 23.8 Å². The Morgan fingerprint density at radius 2 is 1.87 bits per heavy atom. The van der Waals surface area contributed by atoms with E-state index in [-0.39, 0.29) is 10.2 Å². The first-order valence-corrected chi connectivity index (χ1v) is 6.03. The molecule has 0 bridgehead atoms. The van der Waals surface area contributed by atoms with Gasteiger partial charge >= 0.3 is 0 Å². The highest BCUT2D eigenvalue weighted by molar-refractivity contribution is 7.91. The molecule has 0 radical (unpaired) electrons. The summed E-state index contributed by atoms with van der Waals surface area (Å²) in [5.74, 6) is -1.50. The molecule has 0 aliphatic heterocycles. The highest BCUT2D eigenvalue weighted by Crippen LogP contribution is 2.28. The normalized spacial score (nSPS) is 12.2. The van der Waals surface area contributed by atoms with Gasteiger partial charge in [-0.05, 0) is 12.1 Å². The molecule has 80 valence electrons. The zero-order chi connectivity index (χ0) is 11.2. The Morgan fingerprint density at radius 1 is 1.27 bits per heavy atom. The van der Waals surface area contributed by atoms with Gasteiger partial charge in [-0.3, -0.25) is 0 Å². The molecule has 0 atom stereocenters. The summed E-state index contributed by atoms with van der Waals surface area (Å²) in [6.45, 7) is 0. The highest BCUT2D eigenvalue weighted by Gasteiger charge is 2.18. The molecule has 8 heteroatoms. The molecule has 2 rings (SSSR count). The molecule has 1 aromatic carbocycles. The molecule has 15 heavy (non-hydrogen) atoms. The van der Waals surface area contributed by atoms with Gasteiger partial charge in [0, 0.05) is 0 Å². The zero-order valence-corrected chi connectivity index (χ0v) is 8.70. The molecule has 0 spiro atoms. The van der Waals surface area contributed by atoms with Crippen LogP contribution >= 0.6 is 11.3 Å². The fraction of sp³-hybridized carbons (Fsp3) is 0. The number of aromatic nitrogens is 1. The van der Waals surface area contributed by atoms with Crippen molar-refractivity contribution in [3.63, 3.8) is 0 Å². The summed E-state index contributed by atoms with van der Waals surface area (Å²) in [7, 11) is -4.02. The SMILES string of the molecule is NS(=O)(=O)c1nc2c(F)ccc(F)c2s1. The smallest absolute Gasteiger partial charge is 0.223 e. The van der Waals surface area contributed by atoms with Crippen molar-refractivity contribution in [2.45, 2.75) is 4.34 Å². The first kappa shape index (κ1) is 10.4. The van der Waals surface area contributed by atoms with Crippen molar-refractivity contribution in [3.8, 4) is 0 Å². The Kier molecular flexibility index (Phi) is 2.21. The highest BCUT2D eigenvalue weighted by atomic mass is 32.2. The lowest BCUT2D eigenvalue weighted by Gasteiger charge is -1.90. The van der Waals surface area contributed by atoms with E-state index >= 15 is 0 Å². The Labute approximate surface area is 87.4 Å². The molecule has 0 saturated heterocycles. The minimum atomic E-state index is -4.02. The summed E-state index contributed by atoms with van der Waals surface area (Å²) in [6.07, 6.45) is 0. The first-order chi connectivity index (χ1) is 6.89. The van der Waals surface area contributed by atoms with E-state index in [0.29, 0.717) is 11.3 Å². The van der Waals surface area contributed by atoms with E-state index in [1.54, 1.807) is 0 Å². The van der Waals surface area contributed by atoms with E-state index in [0.717, 1.165) is 12.1 Å². The summed E-state index contributed by atoms with van der Waals surface area (Å²) < 4.78 is 47.4. The van der Waals surface area contributed by atoms with Gasteiger partial charge in [0.1, 0.15) is 11.3 Å². The second kappa shape index (κ2) is 3.19. The van der Waals surface area contributed by atoms with Crippen LogP contribution in [0.25, 0.3) is 10.2 Å². The van der Waals surface area contributed by atoms with E-state index in [9.17, 15) is 17.2 Å². The number of hydrogen-bond acceptors (Lipinski definition) is 4. The molecule has 0 fully saturated rings. The second-order valence-electron chi connectivity index (χ2n) is 2.73. The van der Waals surface area contributed by atoms with Gasteiger partial charge in [0.05, 0.1) is 4.70 Å². The van der Waals surface area contributed by atoms with Crippen molar-refractivity contribution in [1.82, 2.24) is 4.98 Å². The van der Waals surface area contributed by atoms with Crippen molar-refractivity contribution in [2.24, 2.45) is 5.14 Å². The Morgan fingerprint density at radius 3 is 2.40 bits per heavy atom. The fourth-order valence-corrected chi connectivity index (χ4v) is 2.70. The largest absolute Gasteiger partial charge is 0.265 e. The van der Waals surface area contributed by atoms with Crippen LogP contribution in [-0.2, 0) is 10.0 Å². The van der Waals surface area contributed by atoms with Crippen LogP contribution in [0.1, 0.15) is 0 Å². The van der Waals surface area contributed by atoms with E-state index < -0.39 is 26.0 Å². The Hall–Kier alpha value is -1.12. The average Bonchev–Trinajstić information content (AvgIpc) is 2.56. The minimum absolute atomic E-state index is 0.154. The minimum Gasteiger partial charge on any atom is -0.223 e. The van der Waals surface area contributed by atoms with Crippen LogP contribution in [0.5, 0.6) is 0 Å². The third kappa shape index (κ3) is 1.71. The van der Waals surface area contributed by atoms with Gasteiger partial charge in [-0.25, -0.2) is 27.3 Å². The lowest BCUT2D eigenvalue weighted by atomic mass is 10.3. The topological polar surface area (TPSA) is 73.1 Å². The number of nitrogens with two attached hydrogens (primary N) is 1. The van der Waals surface area contributed by atoms with Crippen molar-refractivity contribution in [2.75, 3.05) is 0 Å². The Balaban J connectivity index is 2.87. The van der Waals surface area contributed by atoms with Gasteiger partial charge in [-0.1, -0.05) is 11.3 Å². The number of fused-ring (bicyclic) bond motifs is 1. The van der Waals surface area contributed by atoms with Crippen LogP contribution in [0.2, 0.25) is 0 Å². The quantitative estimate of drug-likeness (QED) is 0.827. The fourth-order valence-electron chi connectivity index (χ4n) is 1.05. The number of thiazole rings is 1. The number of hydrogen-bond donors (Lipinski definition) is 1. The lowest BCUT2D eigenvalue weighted by molar-refractivity contribution is 0.596. The van der Waals surface area contributed by atoms with Gasteiger partial charge in [0.15, 0.2) is 5.82 Å². The van der Waals surface area contributed by atoms with E-state index in [1.807, 2.05) is 0 Å². The van der Waals surface area contributed by atoms with Gasteiger partial charge in [0.2, 0.25) is 4.34 Å². The molecule has 4 nitrogen and oxygen atoms in total. The summed E-state index contributed by atoms with van der Waals surface area (Å²) >= 11 is 0.506. The third-order valence-corrected chi connectivity index (χ3v) is 4.05. The van der Waals surface area contributed by atoms with Crippen LogP contribution in [0.15, 0.2) is 16.5 Å².